The monoisotopic (exact) mass is 327 g/mol. The van der Waals surface area contributed by atoms with Gasteiger partial charge in [-0.3, -0.25) is 14.7 Å². The SMILES string of the molecule is C[C@@H]1C[C@H]1C(=O)N1C[C@H]2CCC[C@@H](N(C)Cc3cccnc3)[C@H]2C1. The molecule has 0 bridgehead atoms. The zero-order chi connectivity index (χ0) is 16.7. The molecule has 1 aromatic rings. The molecule has 3 aliphatic rings. The van der Waals surface area contributed by atoms with Crippen molar-refractivity contribution >= 4 is 5.91 Å². The Labute approximate surface area is 145 Å². The highest BCUT2D eigenvalue weighted by atomic mass is 16.2. The van der Waals surface area contributed by atoms with E-state index in [4.69, 9.17) is 0 Å². The fourth-order valence-electron chi connectivity index (χ4n) is 4.97. The van der Waals surface area contributed by atoms with Gasteiger partial charge in [-0.2, -0.15) is 0 Å². The lowest BCUT2D eigenvalue weighted by molar-refractivity contribution is -0.132. The second kappa shape index (κ2) is 6.47. The first-order valence-corrected chi connectivity index (χ1v) is 9.51. The van der Waals surface area contributed by atoms with Crippen LogP contribution in [0.4, 0.5) is 0 Å². The van der Waals surface area contributed by atoms with Crippen molar-refractivity contribution in [2.75, 3.05) is 20.1 Å². The van der Waals surface area contributed by atoms with Gasteiger partial charge in [0.25, 0.3) is 0 Å². The minimum Gasteiger partial charge on any atom is -0.342 e. The molecule has 5 atom stereocenters. The van der Waals surface area contributed by atoms with Crippen molar-refractivity contribution in [1.29, 1.82) is 0 Å². The molecular weight excluding hydrogens is 298 g/mol. The van der Waals surface area contributed by atoms with Gasteiger partial charge in [0.2, 0.25) is 5.91 Å². The van der Waals surface area contributed by atoms with E-state index in [-0.39, 0.29) is 0 Å². The first-order chi connectivity index (χ1) is 11.6. The molecule has 1 amide bonds. The number of likely N-dealkylation sites (tertiary alicyclic amines) is 1. The Morgan fingerprint density at radius 2 is 2.21 bits per heavy atom. The average molecular weight is 327 g/mol. The predicted molar refractivity (Wildman–Crippen MR) is 94.2 cm³/mol. The van der Waals surface area contributed by atoms with Crippen LogP contribution in [0.3, 0.4) is 0 Å². The van der Waals surface area contributed by atoms with Crippen LogP contribution in [0.5, 0.6) is 0 Å². The number of nitrogens with zero attached hydrogens (tertiary/aromatic N) is 3. The maximum Gasteiger partial charge on any atom is 0.225 e. The molecule has 4 nitrogen and oxygen atoms in total. The predicted octanol–water partition coefficient (Wildman–Crippen LogP) is 2.80. The Bertz CT molecular complexity index is 590. The van der Waals surface area contributed by atoms with Crippen LogP contribution in [0.15, 0.2) is 24.5 Å². The lowest BCUT2D eigenvalue weighted by Gasteiger charge is -2.39. The lowest BCUT2D eigenvalue weighted by atomic mass is 9.77. The number of hydrogen-bond acceptors (Lipinski definition) is 3. The summed E-state index contributed by atoms with van der Waals surface area (Å²) in [7, 11) is 2.24. The number of carbonyl (C=O) groups excluding carboxylic acids is 1. The number of amides is 1. The number of rotatable bonds is 4. The van der Waals surface area contributed by atoms with E-state index in [1.54, 1.807) is 0 Å². The third-order valence-corrected chi connectivity index (χ3v) is 6.52. The normalized spacial score (nSPS) is 35.1. The van der Waals surface area contributed by atoms with Gasteiger partial charge in [-0.1, -0.05) is 19.4 Å². The van der Waals surface area contributed by atoms with E-state index in [0.717, 1.165) is 26.1 Å². The molecule has 24 heavy (non-hydrogen) atoms. The molecule has 2 saturated carbocycles. The molecule has 0 spiro atoms. The number of hydrogen-bond donors (Lipinski definition) is 0. The van der Waals surface area contributed by atoms with Crippen LogP contribution in [-0.4, -0.2) is 46.9 Å². The minimum atomic E-state index is 0.330. The second-order valence-corrected chi connectivity index (χ2v) is 8.26. The molecule has 1 aromatic heterocycles. The summed E-state index contributed by atoms with van der Waals surface area (Å²) in [5.74, 6) is 2.74. The van der Waals surface area contributed by atoms with Crippen molar-refractivity contribution in [3.05, 3.63) is 30.1 Å². The Balaban J connectivity index is 1.42. The van der Waals surface area contributed by atoms with Crippen molar-refractivity contribution in [1.82, 2.24) is 14.8 Å². The molecule has 4 heteroatoms. The smallest absolute Gasteiger partial charge is 0.225 e. The third kappa shape index (κ3) is 3.08. The van der Waals surface area contributed by atoms with Crippen LogP contribution in [0.25, 0.3) is 0 Å². The van der Waals surface area contributed by atoms with Crippen LogP contribution in [0.2, 0.25) is 0 Å². The standard InChI is InChI=1S/C20H29N3O/c1-14-9-17(14)20(24)23-12-16-6-3-7-19(18(16)13-23)22(2)11-15-5-4-8-21-10-15/h4-5,8,10,14,16-19H,3,6-7,9,11-13H2,1-2H3/t14-,16-,17-,18+,19-/m1/s1. The summed E-state index contributed by atoms with van der Waals surface area (Å²) >= 11 is 0. The summed E-state index contributed by atoms with van der Waals surface area (Å²) in [6, 6.07) is 4.76. The van der Waals surface area contributed by atoms with Crippen LogP contribution in [0, 0.1) is 23.7 Å². The quantitative estimate of drug-likeness (QED) is 0.853. The molecule has 0 radical (unpaired) electrons. The molecule has 0 N–H and O–H groups in total. The molecule has 1 saturated heterocycles. The maximum atomic E-state index is 12.6. The van der Waals surface area contributed by atoms with Gasteiger partial charge >= 0.3 is 0 Å². The average Bonchev–Trinajstić information content (AvgIpc) is 3.16. The van der Waals surface area contributed by atoms with Crippen molar-refractivity contribution < 1.29 is 4.79 Å². The van der Waals surface area contributed by atoms with E-state index in [1.807, 2.05) is 18.5 Å². The zero-order valence-corrected chi connectivity index (χ0v) is 14.9. The molecule has 1 aliphatic heterocycles. The number of carbonyl (C=O) groups is 1. The third-order valence-electron chi connectivity index (χ3n) is 6.52. The molecule has 4 rings (SSSR count). The molecular formula is C20H29N3O. The minimum absolute atomic E-state index is 0.330. The summed E-state index contributed by atoms with van der Waals surface area (Å²) < 4.78 is 0. The van der Waals surface area contributed by atoms with Crippen LogP contribution < -0.4 is 0 Å². The van der Waals surface area contributed by atoms with E-state index < -0.39 is 0 Å². The van der Waals surface area contributed by atoms with Gasteiger partial charge in [0.1, 0.15) is 0 Å². The second-order valence-electron chi connectivity index (χ2n) is 8.26. The molecule has 0 aromatic carbocycles. The highest BCUT2D eigenvalue weighted by Crippen LogP contribution is 2.43. The van der Waals surface area contributed by atoms with Gasteiger partial charge in [0.05, 0.1) is 0 Å². The van der Waals surface area contributed by atoms with E-state index in [1.165, 1.54) is 24.8 Å². The van der Waals surface area contributed by atoms with Gasteiger partial charge in [-0.05, 0) is 55.7 Å². The van der Waals surface area contributed by atoms with Crippen molar-refractivity contribution in [3.63, 3.8) is 0 Å². The fourth-order valence-corrected chi connectivity index (χ4v) is 4.97. The number of fused-ring (bicyclic) bond motifs is 1. The van der Waals surface area contributed by atoms with Crippen molar-refractivity contribution in [2.24, 2.45) is 23.7 Å². The van der Waals surface area contributed by atoms with Crippen LogP contribution in [-0.2, 0) is 11.3 Å². The van der Waals surface area contributed by atoms with E-state index in [0.29, 0.717) is 35.6 Å². The summed E-state index contributed by atoms with van der Waals surface area (Å²) in [5.41, 5.74) is 1.28. The largest absolute Gasteiger partial charge is 0.342 e. The fraction of sp³-hybridized carbons (Fsp3) is 0.700. The van der Waals surface area contributed by atoms with Gasteiger partial charge in [-0.15, -0.1) is 0 Å². The van der Waals surface area contributed by atoms with E-state index in [9.17, 15) is 4.79 Å². The van der Waals surface area contributed by atoms with Crippen LogP contribution in [0.1, 0.15) is 38.2 Å². The first kappa shape index (κ1) is 16.1. The molecule has 2 heterocycles. The van der Waals surface area contributed by atoms with E-state index in [2.05, 4.69) is 34.8 Å². The topological polar surface area (TPSA) is 36.4 Å². The Morgan fingerprint density at radius 3 is 2.92 bits per heavy atom. The van der Waals surface area contributed by atoms with Gasteiger partial charge < -0.3 is 4.90 Å². The molecule has 2 aliphatic carbocycles. The summed E-state index contributed by atoms with van der Waals surface area (Å²) in [5, 5.41) is 0. The van der Waals surface area contributed by atoms with Crippen molar-refractivity contribution in [3.8, 4) is 0 Å². The molecule has 130 valence electrons. The maximum absolute atomic E-state index is 12.6. The molecule has 3 fully saturated rings. The van der Waals surface area contributed by atoms with Gasteiger partial charge in [0, 0.05) is 44.0 Å². The summed E-state index contributed by atoms with van der Waals surface area (Å²) in [6.07, 6.45) is 8.76. The highest BCUT2D eigenvalue weighted by Gasteiger charge is 2.47. The number of pyridine rings is 1. The van der Waals surface area contributed by atoms with Gasteiger partial charge in [0.15, 0.2) is 0 Å². The van der Waals surface area contributed by atoms with Crippen LogP contribution >= 0.6 is 0 Å². The Morgan fingerprint density at radius 1 is 1.38 bits per heavy atom. The zero-order valence-electron chi connectivity index (χ0n) is 14.9. The number of aromatic nitrogens is 1. The van der Waals surface area contributed by atoms with Crippen molar-refractivity contribution in [2.45, 2.75) is 45.2 Å². The van der Waals surface area contributed by atoms with E-state index >= 15 is 0 Å². The first-order valence-electron chi connectivity index (χ1n) is 9.51. The summed E-state index contributed by atoms with van der Waals surface area (Å²) in [6.45, 7) is 5.14. The highest BCUT2D eigenvalue weighted by molar-refractivity contribution is 5.81. The Hall–Kier alpha value is -1.42. The Kier molecular flexibility index (Phi) is 4.33. The summed E-state index contributed by atoms with van der Waals surface area (Å²) in [4.78, 5) is 21.6. The molecule has 0 unspecified atom stereocenters. The van der Waals surface area contributed by atoms with Gasteiger partial charge in [-0.25, -0.2) is 0 Å². The lowest BCUT2D eigenvalue weighted by Crippen LogP contribution is -2.43.